The number of rotatable bonds is 3. The van der Waals surface area contributed by atoms with Crippen molar-refractivity contribution in [3.8, 4) is 0 Å². The minimum atomic E-state index is -0.375. The Bertz CT molecular complexity index is 575. The van der Waals surface area contributed by atoms with Gasteiger partial charge >= 0.3 is 0 Å². The molecule has 0 saturated heterocycles. The molecule has 1 amide bonds. The number of nitrogens with one attached hydrogen (secondary N) is 2. The van der Waals surface area contributed by atoms with E-state index < -0.39 is 0 Å². The number of nitrogens with zero attached hydrogens (tertiary/aromatic N) is 1. The lowest BCUT2D eigenvalue weighted by Crippen LogP contribution is -2.28. The SMILES string of the molecule is Cc1cc(=O)c(C(=O)NCc2cncs2)c[nH]1. The standard InChI is InChI=1S/C11H11N3O2S/c1-7-2-10(15)9(5-13-7)11(16)14-4-8-3-12-6-17-8/h2-3,5-6H,4H2,1H3,(H,13,15)(H,14,16). The molecule has 88 valence electrons. The van der Waals surface area contributed by atoms with Gasteiger partial charge in [-0.1, -0.05) is 0 Å². The van der Waals surface area contributed by atoms with E-state index in [0.29, 0.717) is 6.54 Å². The molecule has 2 heterocycles. The molecule has 2 aromatic heterocycles. The molecular formula is C11H11N3O2S. The highest BCUT2D eigenvalue weighted by atomic mass is 32.1. The average molecular weight is 249 g/mol. The van der Waals surface area contributed by atoms with Gasteiger partial charge in [-0.25, -0.2) is 0 Å². The lowest BCUT2D eigenvalue weighted by atomic mass is 10.2. The molecule has 17 heavy (non-hydrogen) atoms. The van der Waals surface area contributed by atoms with Gasteiger partial charge in [0.2, 0.25) is 0 Å². The maximum absolute atomic E-state index is 11.7. The van der Waals surface area contributed by atoms with E-state index in [9.17, 15) is 9.59 Å². The molecule has 0 unspecified atom stereocenters. The third-order valence-corrected chi connectivity index (χ3v) is 2.99. The Kier molecular flexibility index (Phi) is 3.34. The van der Waals surface area contributed by atoms with Crippen LogP contribution < -0.4 is 10.7 Å². The zero-order valence-electron chi connectivity index (χ0n) is 9.19. The molecule has 0 aromatic carbocycles. The highest BCUT2D eigenvalue weighted by Gasteiger charge is 2.09. The van der Waals surface area contributed by atoms with Crippen molar-refractivity contribution in [1.82, 2.24) is 15.3 Å². The fourth-order valence-corrected chi connectivity index (χ4v) is 1.88. The Morgan fingerprint density at radius 2 is 2.41 bits per heavy atom. The van der Waals surface area contributed by atoms with Gasteiger partial charge in [0.05, 0.1) is 12.1 Å². The molecule has 0 bridgehead atoms. The number of hydrogen-bond acceptors (Lipinski definition) is 4. The molecular weight excluding hydrogens is 238 g/mol. The second kappa shape index (κ2) is 4.92. The molecule has 6 heteroatoms. The van der Waals surface area contributed by atoms with Gasteiger partial charge in [-0.3, -0.25) is 14.6 Å². The summed E-state index contributed by atoms with van der Waals surface area (Å²) in [5.41, 5.74) is 2.28. The maximum Gasteiger partial charge on any atom is 0.257 e. The summed E-state index contributed by atoms with van der Waals surface area (Å²) in [5, 5.41) is 2.67. The molecule has 0 radical (unpaired) electrons. The van der Waals surface area contributed by atoms with Crippen LogP contribution in [-0.2, 0) is 6.54 Å². The predicted octanol–water partition coefficient (Wildman–Crippen LogP) is 1.07. The first-order chi connectivity index (χ1) is 8.16. The van der Waals surface area contributed by atoms with Gasteiger partial charge in [0, 0.05) is 29.0 Å². The van der Waals surface area contributed by atoms with Gasteiger partial charge in [-0.05, 0) is 6.92 Å². The predicted molar refractivity (Wildman–Crippen MR) is 65.1 cm³/mol. The lowest BCUT2D eigenvalue weighted by molar-refractivity contribution is 0.0950. The summed E-state index contributed by atoms with van der Waals surface area (Å²) in [6.45, 7) is 2.15. The molecule has 5 nitrogen and oxygen atoms in total. The third kappa shape index (κ3) is 2.79. The molecule has 0 saturated carbocycles. The van der Waals surface area contributed by atoms with Crippen LogP contribution in [0, 0.1) is 6.92 Å². The van der Waals surface area contributed by atoms with Crippen LogP contribution in [0.2, 0.25) is 0 Å². The molecule has 0 atom stereocenters. The van der Waals surface area contributed by atoms with Crippen molar-refractivity contribution in [3.05, 3.63) is 50.3 Å². The monoisotopic (exact) mass is 249 g/mol. The van der Waals surface area contributed by atoms with Crippen LogP contribution in [0.5, 0.6) is 0 Å². The van der Waals surface area contributed by atoms with Crippen LogP contribution >= 0.6 is 11.3 Å². The van der Waals surface area contributed by atoms with E-state index in [1.54, 1.807) is 18.6 Å². The molecule has 0 aliphatic heterocycles. The second-order valence-corrected chi connectivity index (χ2v) is 4.52. The van der Waals surface area contributed by atoms with Crippen molar-refractivity contribution in [3.63, 3.8) is 0 Å². The first kappa shape index (κ1) is 11.5. The highest BCUT2D eigenvalue weighted by Crippen LogP contribution is 2.04. The van der Waals surface area contributed by atoms with E-state index >= 15 is 0 Å². The normalized spacial score (nSPS) is 10.2. The molecule has 0 spiro atoms. The summed E-state index contributed by atoms with van der Waals surface area (Å²) in [6, 6.07) is 1.40. The van der Waals surface area contributed by atoms with Crippen LogP contribution in [0.15, 0.2) is 28.8 Å². The van der Waals surface area contributed by atoms with E-state index in [0.717, 1.165) is 10.6 Å². The number of amides is 1. The molecule has 0 aliphatic rings. The molecule has 0 fully saturated rings. The maximum atomic E-state index is 11.7. The number of H-pyrrole nitrogens is 1. The van der Waals surface area contributed by atoms with Crippen LogP contribution in [0.3, 0.4) is 0 Å². The molecule has 2 rings (SSSR count). The number of aromatic nitrogens is 2. The minimum Gasteiger partial charge on any atom is -0.364 e. The van der Waals surface area contributed by atoms with Crippen molar-refractivity contribution in [2.75, 3.05) is 0 Å². The van der Waals surface area contributed by atoms with E-state index in [2.05, 4.69) is 15.3 Å². The lowest BCUT2D eigenvalue weighted by Gasteiger charge is -2.03. The third-order valence-electron chi connectivity index (χ3n) is 2.21. The highest BCUT2D eigenvalue weighted by molar-refractivity contribution is 7.09. The van der Waals surface area contributed by atoms with Crippen LogP contribution in [0.4, 0.5) is 0 Å². The van der Waals surface area contributed by atoms with Crippen molar-refractivity contribution in [1.29, 1.82) is 0 Å². The van der Waals surface area contributed by atoms with Gasteiger partial charge in [0.1, 0.15) is 5.56 Å². The number of aryl methyl sites for hydroxylation is 1. The van der Waals surface area contributed by atoms with Gasteiger partial charge in [0.15, 0.2) is 5.43 Å². The molecule has 2 N–H and O–H groups in total. The second-order valence-electron chi connectivity index (χ2n) is 3.54. The number of carbonyl (C=O) groups is 1. The Morgan fingerprint density at radius 1 is 1.59 bits per heavy atom. The van der Waals surface area contributed by atoms with Crippen LogP contribution in [-0.4, -0.2) is 15.9 Å². The van der Waals surface area contributed by atoms with Crippen molar-refractivity contribution in [2.45, 2.75) is 13.5 Å². The van der Waals surface area contributed by atoms with E-state index in [1.165, 1.54) is 23.6 Å². The number of pyridine rings is 1. The average Bonchev–Trinajstić information content (AvgIpc) is 2.78. The van der Waals surface area contributed by atoms with Gasteiger partial charge in [-0.2, -0.15) is 0 Å². The number of thiazole rings is 1. The van der Waals surface area contributed by atoms with E-state index in [-0.39, 0.29) is 16.9 Å². The van der Waals surface area contributed by atoms with Crippen LogP contribution in [0.1, 0.15) is 20.9 Å². The fraction of sp³-hybridized carbons (Fsp3) is 0.182. The van der Waals surface area contributed by atoms with E-state index in [1.807, 2.05) is 0 Å². The number of aromatic amines is 1. The van der Waals surface area contributed by atoms with Gasteiger partial charge in [0.25, 0.3) is 5.91 Å². The molecule has 2 aromatic rings. The summed E-state index contributed by atoms with van der Waals surface area (Å²) < 4.78 is 0. The number of carbonyl (C=O) groups excluding carboxylic acids is 1. The van der Waals surface area contributed by atoms with Crippen LogP contribution in [0.25, 0.3) is 0 Å². The van der Waals surface area contributed by atoms with E-state index in [4.69, 9.17) is 0 Å². The van der Waals surface area contributed by atoms with Crippen molar-refractivity contribution in [2.24, 2.45) is 0 Å². The fourth-order valence-electron chi connectivity index (χ4n) is 1.34. The quantitative estimate of drug-likeness (QED) is 0.854. The minimum absolute atomic E-state index is 0.125. The summed E-state index contributed by atoms with van der Waals surface area (Å²) in [7, 11) is 0. The van der Waals surface area contributed by atoms with Crippen molar-refractivity contribution < 1.29 is 4.79 Å². The van der Waals surface area contributed by atoms with Crippen molar-refractivity contribution >= 4 is 17.2 Å². The van der Waals surface area contributed by atoms with Gasteiger partial charge in [-0.15, -0.1) is 11.3 Å². The first-order valence-corrected chi connectivity index (χ1v) is 5.89. The summed E-state index contributed by atoms with van der Waals surface area (Å²) in [5.74, 6) is -0.375. The Morgan fingerprint density at radius 3 is 3.06 bits per heavy atom. The Labute approximate surface area is 102 Å². The Balaban J connectivity index is 2.07. The summed E-state index contributed by atoms with van der Waals surface area (Å²) >= 11 is 1.45. The summed E-state index contributed by atoms with van der Waals surface area (Å²) in [6.07, 6.45) is 3.12. The number of hydrogen-bond donors (Lipinski definition) is 2. The topological polar surface area (TPSA) is 74.8 Å². The van der Waals surface area contributed by atoms with Gasteiger partial charge < -0.3 is 10.3 Å². The molecule has 0 aliphatic carbocycles. The summed E-state index contributed by atoms with van der Waals surface area (Å²) in [4.78, 5) is 31.0. The zero-order chi connectivity index (χ0) is 12.3. The Hall–Kier alpha value is -1.95. The largest absolute Gasteiger partial charge is 0.364 e. The first-order valence-electron chi connectivity index (χ1n) is 5.01. The smallest absolute Gasteiger partial charge is 0.257 e. The zero-order valence-corrected chi connectivity index (χ0v) is 10.0.